The summed E-state index contributed by atoms with van der Waals surface area (Å²) >= 11 is 0. The molecule has 0 radical (unpaired) electrons. The fourth-order valence-electron chi connectivity index (χ4n) is 2.95. The van der Waals surface area contributed by atoms with Gasteiger partial charge in [0.05, 0.1) is 11.6 Å². The first-order valence-electron chi connectivity index (χ1n) is 6.94. The molecule has 0 saturated carbocycles. The molecule has 1 saturated heterocycles. The highest BCUT2D eigenvalue weighted by atomic mass is 16.2. The molecule has 8 heteroatoms. The maximum absolute atomic E-state index is 12.6. The van der Waals surface area contributed by atoms with Crippen molar-refractivity contribution >= 4 is 23.6 Å². The molecule has 4 amide bonds. The lowest BCUT2D eigenvalue weighted by Gasteiger charge is -2.29. The van der Waals surface area contributed by atoms with E-state index in [1.807, 2.05) is 6.07 Å². The van der Waals surface area contributed by atoms with Crippen molar-refractivity contribution in [2.75, 3.05) is 0 Å². The molecular weight excluding hydrogens is 300 g/mol. The number of fused-ring (bicyclic) bond motifs is 1. The van der Waals surface area contributed by atoms with Gasteiger partial charge >= 0.3 is 0 Å². The molecule has 1 unspecified atom stereocenters. The van der Waals surface area contributed by atoms with Gasteiger partial charge in [-0.3, -0.25) is 24.5 Å². The molecule has 23 heavy (non-hydrogen) atoms. The van der Waals surface area contributed by atoms with Crippen LogP contribution >= 0.6 is 0 Å². The molecule has 116 valence electrons. The third-order valence-corrected chi connectivity index (χ3v) is 4.05. The number of piperidine rings is 1. The second-order valence-corrected chi connectivity index (χ2v) is 5.43. The Hall–Kier alpha value is -3.21. The highest BCUT2D eigenvalue weighted by Gasteiger charge is 2.40. The summed E-state index contributed by atoms with van der Waals surface area (Å²) in [7, 11) is 0. The molecule has 8 nitrogen and oxygen atoms in total. The number of primary amides is 1. The van der Waals surface area contributed by atoms with Crippen molar-refractivity contribution in [3.05, 3.63) is 34.4 Å². The first kappa shape index (κ1) is 14.7. The first-order chi connectivity index (χ1) is 10.9. The zero-order valence-corrected chi connectivity index (χ0v) is 12.0. The van der Waals surface area contributed by atoms with E-state index in [-0.39, 0.29) is 42.0 Å². The second-order valence-electron chi connectivity index (χ2n) is 5.43. The number of hydrogen-bond donors (Lipinski definition) is 2. The highest BCUT2D eigenvalue weighted by Crippen LogP contribution is 2.30. The Labute approximate surface area is 130 Å². The summed E-state index contributed by atoms with van der Waals surface area (Å²) in [5.41, 5.74) is 6.18. The smallest absolute Gasteiger partial charge is 0.255 e. The molecule has 1 atom stereocenters. The molecule has 0 aromatic heterocycles. The number of carbonyl (C=O) groups is 4. The van der Waals surface area contributed by atoms with Gasteiger partial charge in [0.15, 0.2) is 0 Å². The lowest BCUT2D eigenvalue weighted by molar-refractivity contribution is -0.136. The predicted molar refractivity (Wildman–Crippen MR) is 75.7 cm³/mol. The number of nitriles is 1. The van der Waals surface area contributed by atoms with E-state index in [0.717, 1.165) is 0 Å². The third kappa shape index (κ3) is 2.32. The van der Waals surface area contributed by atoms with Crippen LogP contribution in [0.5, 0.6) is 0 Å². The summed E-state index contributed by atoms with van der Waals surface area (Å²) in [5, 5.41) is 11.2. The number of nitrogens with two attached hydrogens (primary N) is 1. The van der Waals surface area contributed by atoms with E-state index in [1.165, 1.54) is 17.0 Å². The van der Waals surface area contributed by atoms with Crippen molar-refractivity contribution < 1.29 is 19.2 Å². The van der Waals surface area contributed by atoms with Crippen LogP contribution in [0.1, 0.15) is 44.7 Å². The van der Waals surface area contributed by atoms with Crippen molar-refractivity contribution in [1.82, 2.24) is 10.2 Å². The van der Waals surface area contributed by atoms with Crippen LogP contribution in [0, 0.1) is 11.3 Å². The molecule has 1 fully saturated rings. The van der Waals surface area contributed by atoms with Crippen LogP contribution in [-0.2, 0) is 16.1 Å². The monoisotopic (exact) mass is 312 g/mol. The van der Waals surface area contributed by atoms with Crippen molar-refractivity contribution in [3.8, 4) is 6.07 Å². The van der Waals surface area contributed by atoms with Crippen LogP contribution in [-0.4, -0.2) is 34.6 Å². The minimum atomic E-state index is -0.779. The van der Waals surface area contributed by atoms with Gasteiger partial charge in [0.1, 0.15) is 6.04 Å². The first-order valence-corrected chi connectivity index (χ1v) is 6.94. The summed E-state index contributed by atoms with van der Waals surface area (Å²) in [6.07, 6.45) is 0.365. The maximum atomic E-state index is 12.6. The van der Waals surface area contributed by atoms with Gasteiger partial charge in [-0.05, 0) is 24.1 Å². The van der Waals surface area contributed by atoms with E-state index in [1.54, 1.807) is 0 Å². The van der Waals surface area contributed by atoms with Crippen LogP contribution in [0.2, 0.25) is 0 Å². The molecule has 3 N–H and O–H groups in total. The van der Waals surface area contributed by atoms with Gasteiger partial charge in [-0.25, -0.2) is 0 Å². The van der Waals surface area contributed by atoms with E-state index in [0.29, 0.717) is 5.56 Å². The summed E-state index contributed by atoms with van der Waals surface area (Å²) in [4.78, 5) is 48.6. The van der Waals surface area contributed by atoms with E-state index in [4.69, 9.17) is 11.0 Å². The van der Waals surface area contributed by atoms with E-state index >= 15 is 0 Å². The van der Waals surface area contributed by atoms with Gasteiger partial charge in [0, 0.05) is 24.1 Å². The SMILES string of the molecule is N#Cc1cc(C(N)=O)c2c(c1)C(=O)N(C1CCC(=O)NC1=O)C2. The standard InChI is InChI=1S/C15H12N4O4/c16-5-7-3-8(13(17)21)10-6-19(15(23)9(10)4-7)11-1-2-12(20)18-14(11)22/h3-4,11H,1-2,6H2,(H2,17,21)(H,18,20,22). The zero-order chi connectivity index (χ0) is 16.7. The Kier molecular flexibility index (Phi) is 3.33. The Morgan fingerprint density at radius 3 is 2.70 bits per heavy atom. The molecule has 1 aromatic carbocycles. The van der Waals surface area contributed by atoms with E-state index < -0.39 is 23.8 Å². The van der Waals surface area contributed by atoms with E-state index in [2.05, 4.69) is 5.32 Å². The Morgan fingerprint density at radius 1 is 1.35 bits per heavy atom. The molecule has 0 spiro atoms. The lowest BCUT2D eigenvalue weighted by atomic mass is 9.99. The number of amides is 4. The van der Waals surface area contributed by atoms with Gasteiger partial charge in [-0.2, -0.15) is 5.26 Å². The Bertz CT molecular complexity index is 808. The number of nitrogens with zero attached hydrogens (tertiary/aromatic N) is 2. The molecule has 2 aliphatic heterocycles. The van der Waals surface area contributed by atoms with Crippen LogP contribution < -0.4 is 11.1 Å². The third-order valence-electron chi connectivity index (χ3n) is 4.05. The number of imide groups is 1. The van der Waals surface area contributed by atoms with Gasteiger partial charge in [0.25, 0.3) is 5.91 Å². The van der Waals surface area contributed by atoms with Gasteiger partial charge in [0.2, 0.25) is 17.7 Å². The summed E-state index contributed by atoms with van der Waals surface area (Å²) in [6.45, 7) is 0.0461. The molecule has 3 rings (SSSR count). The number of benzene rings is 1. The van der Waals surface area contributed by atoms with Crippen molar-refractivity contribution in [2.45, 2.75) is 25.4 Å². The van der Waals surface area contributed by atoms with Crippen molar-refractivity contribution in [3.63, 3.8) is 0 Å². The van der Waals surface area contributed by atoms with Gasteiger partial charge in [-0.15, -0.1) is 0 Å². The summed E-state index contributed by atoms with van der Waals surface area (Å²) in [5.74, 6) is -2.10. The van der Waals surface area contributed by atoms with Crippen LogP contribution in [0.25, 0.3) is 0 Å². The Morgan fingerprint density at radius 2 is 2.09 bits per heavy atom. The molecule has 2 aliphatic rings. The van der Waals surface area contributed by atoms with Crippen LogP contribution in [0.3, 0.4) is 0 Å². The maximum Gasteiger partial charge on any atom is 0.255 e. The molecule has 1 aromatic rings. The lowest BCUT2D eigenvalue weighted by Crippen LogP contribution is -2.52. The number of carbonyl (C=O) groups excluding carboxylic acids is 4. The van der Waals surface area contributed by atoms with Gasteiger partial charge in [-0.1, -0.05) is 0 Å². The number of hydrogen-bond acceptors (Lipinski definition) is 5. The van der Waals surface area contributed by atoms with Crippen LogP contribution in [0.4, 0.5) is 0 Å². The average Bonchev–Trinajstić information content (AvgIpc) is 2.83. The minimum absolute atomic E-state index is 0.0461. The normalized spacial score (nSPS) is 20.0. The summed E-state index contributed by atoms with van der Waals surface area (Å²) < 4.78 is 0. The Balaban J connectivity index is 2.01. The average molecular weight is 312 g/mol. The quantitative estimate of drug-likeness (QED) is 0.705. The summed E-state index contributed by atoms with van der Waals surface area (Å²) in [6, 6.07) is 3.82. The van der Waals surface area contributed by atoms with Crippen molar-refractivity contribution in [1.29, 1.82) is 5.26 Å². The molecule has 0 aliphatic carbocycles. The largest absolute Gasteiger partial charge is 0.366 e. The number of rotatable bonds is 2. The molecule has 2 heterocycles. The number of nitrogens with one attached hydrogen (secondary N) is 1. The second kappa shape index (κ2) is 5.21. The predicted octanol–water partition coefficient (Wildman–Crippen LogP) is -0.582. The van der Waals surface area contributed by atoms with Crippen molar-refractivity contribution in [2.24, 2.45) is 5.73 Å². The zero-order valence-electron chi connectivity index (χ0n) is 12.0. The fraction of sp³-hybridized carbons (Fsp3) is 0.267. The van der Waals surface area contributed by atoms with Crippen LogP contribution in [0.15, 0.2) is 12.1 Å². The highest BCUT2D eigenvalue weighted by molar-refractivity contribution is 6.07. The molecule has 0 bridgehead atoms. The topological polar surface area (TPSA) is 133 Å². The fourth-order valence-corrected chi connectivity index (χ4v) is 2.95. The minimum Gasteiger partial charge on any atom is -0.366 e. The van der Waals surface area contributed by atoms with E-state index in [9.17, 15) is 19.2 Å². The molecular formula is C15H12N4O4. The van der Waals surface area contributed by atoms with Gasteiger partial charge < -0.3 is 10.6 Å².